The van der Waals surface area contributed by atoms with Crippen LogP contribution in [0.1, 0.15) is 31.2 Å². The van der Waals surface area contributed by atoms with Gasteiger partial charge in [-0.2, -0.15) is 0 Å². The maximum absolute atomic E-state index is 12.3. The van der Waals surface area contributed by atoms with E-state index in [0.29, 0.717) is 5.92 Å². The quantitative estimate of drug-likeness (QED) is 0.822. The van der Waals surface area contributed by atoms with Gasteiger partial charge in [0.05, 0.1) is 6.54 Å². The van der Waals surface area contributed by atoms with Crippen molar-refractivity contribution in [1.82, 2.24) is 15.5 Å². The lowest BCUT2D eigenvalue weighted by molar-refractivity contribution is -0.135. The van der Waals surface area contributed by atoms with Gasteiger partial charge in [0.25, 0.3) is 0 Å². The molecule has 3 rings (SSSR count). The highest BCUT2D eigenvalue weighted by Gasteiger charge is 2.25. The Bertz CT molecular complexity index is 568. The van der Waals surface area contributed by atoms with E-state index in [-0.39, 0.29) is 36.7 Å². The Kier molecular flexibility index (Phi) is 8.39. The summed E-state index contributed by atoms with van der Waals surface area (Å²) in [6.45, 7) is 3.53. The number of nitrogens with one attached hydrogen (secondary N) is 2. The van der Waals surface area contributed by atoms with Gasteiger partial charge in [0.1, 0.15) is 0 Å². The second-order valence-corrected chi connectivity index (χ2v) is 7.26. The number of carbonyl (C=O) groups excluding carboxylic acids is 2. The van der Waals surface area contributed by atoms with E-state index < -0.39 is 0 Å². The third-order valence-corrected chi connectivity index (χ3v) is 5.46. The number of hydrogen-bond donors (Lipinski definition) is 2. The van der Waals surface area contributed by atoms with Gasteiger partial charge in [-0.3, -0.25) is 9.59 Å². The van der Waals surface area contributed by atoms with Crippen LogP contribution in [0.15, 0.2) is 30.3 Å². The van der Waals surface area contributed by atoms with Crippen molar-refractivity contribution in [2.75, 3.05) is 32.7 Å². The molecule has 5 nitrogen and oxygen atoms in total. The molecule has 0 saturated carbocycles. The van der Waals surface area contributed by atoms with Gasteiger partial charge < -0.3 is 15.5 Å². The molecule has 2 fully saturated rings. The Hall–Kier alpha value is -1.59. The lowest BCUT2D eigenvalue weighted by atomic mass is 9.90. The number of carbonyl (C=O) groups is 2. The molecule has 26 heavy (non-hydrogen) atoms. The average molecular weight is 380 g/mol. The number of benzene rings is 1. The summed E-state index contributed by atoms with van der Waals surface area (Å²) in [5.41, 5.74) is 1.38. The van der Waals surface area contributed by atoms with E-state index >= 15 is 0 Å². The molecule has 2 N–H and O–H groups in total. The van der Waals surface area contributed by atoms with Gasteiger partial charge in [-0.1, -0.05) is 30.3 Å². The van der Waals surface area contributed by atoms with E-state index in [4.69, 9.17) is 0 Å². The van der Waals surface area contributed by atoms with Crippen LogP contribution < -0.4 is 10.6 Å². The topological polar surface area (TPSA) is 61.4 Å². The predicted molar refractivity (Wildman–Crippen MR) is 105 cm³/mol. The molecule has 1 aromatic carbocycles. The van der Waals surface area contributed by atoms with Gasteiger partial charge in [-0.25, -0.2) is 0 Å². The summed E-state index contributed by atoms with van der Waals surface area (Å²) in [6, 6.07) is 10.6. The minimum Gasteiger partial charge on any atom is -0.347 e. The fourth-order valence-corrected chi connectivity index (χ4v) is 3.84. The maximum Gasteiger partial charge on any atom is 0.241 e. The monoisotopic (exact) mass is 379 g/mol. The van der Waals surface area contributed by atoms with Gasteiger partial charge in [0.15, 0.2) is 0 Å². The van der Waals surface area contributed by atoms with Crippen molar-refractivity contribution in [1.29, 1.82) is 0 Å². The smallest absolute Gasteiger partial charge is 0.241 e. The number of hydrogen-bond acceptors (Lipinski definition) is 3. The molecule has 0 spiro atoms. The fourth-order valence-electron chi connectivity index (χ4n) is 3.84. The molecule has 1 aromatic rings. The zero-order chi connectivity index (χ0) is 17.5. The predicted octanol–water partition coefficient (Wildman–Crippen LogP) is 2.01. The van der Waals surface area contributed by atoms with E-state index in [1.807, 2.05) is 11.0 Å². The highest BCUT2D eigenvalue weighted by Crippen LogP contribution is 2.21. The lowest BCUT2D eigenvalue weighted by Crippen LogP contribution is -2.46. The first-order valence-corrected chi connectivity index (χ1v) is 9.52. The third kappa shape index (κ3) is 5.99. The largest absolute Gasteiger partial charge is 0.347 e. The molecule has 0 aromatic heterocycles. The molecule has 6 heteroatoms. The number of rotatable bonds is 5. The zero-order valence-electron chi connectivity index (χ0n) is 15.3. The molecule has 2 aliphatic heterocycles. The number of piperidine rings is 2. The minimum atomic E-state index is 0. The standard InChI is InChI=1S/C20H29N3O2.ClH/c24-19(15-22-20(25)18-6-10-21-11-7-18)23-12-8-17(9-13-23)14-16-4-2-1-3-5-16;/h1-5,17-18,21H,6-15H2,(H,22,25);1H. The SMILES string of the molecule is Cl.O=C(NCC(=O)N1CCC(Cc2ccccc2)CC1)C1CCNCC1. The lowest BCUT2D eigenvalue weighted by Gasteiger charge is -2.32. The molecular weight excluding hydrogens is 350 g/mol. The Morgan fingerprint density at radius 2 is 1.69 bits per heavy atom. The number of likely N-dealkylation sites (tertiary alicyclic amines) is 1. The van der Waals surface area contributed by atoms with Crippen LogP contribution in [0.2, 0.25) is 0 Å². The minimum absolute atomic E-state index is 0. The van der Waals surface area contributed by atoms with Gasteiger partial charge >= 0.3 is 0 Å². The maximum atomic E-state index is 12.3. The Balaban J connectivity index is 0.00000243. The van der Waals surface area contributed by atoms with Gasteiger partial charge in [0.2, 0.25) is 11.8 Å². The van der Waals surface area contributed by atoms with Gasteiger partial charge in [-0.05, 0) is 56.7 Å². The zero-order valence-corrected chi connectivity index (χ0v) is 16.1. The van der Waals surface area contributed by atoms with Crippen molar-refractivity contribution in [3.05, 3.63) is 35.9 Å². The summed E-state index contributed by atoms with van der Waals surface area (Å²) in [7, 11) is 0. The summed E-state index contributed by atoms with van der Waals surface area (Å²) in [6.07, 6.45) is 4.91. The number of amides is 2. The van der Waals surface area contributed by atoms with E-state index in [9.17, 15) is 9.59 Å². The molecule has 0 atom stereocenters. The summed E-state index contributed by atoms with van der Waals surface area (Å²) in [4.78, 5) is 26.4. The van der Waals surface area contributed by atoms with Crippen LogP contribution >= 0.6 is 12.4 Å². The Labute approximate surface area is 162 Å². The van der Waals surface area contributed by atoms with E-state index in [1.165, 1.54) is 5.56 Å². The Morgan fingerprint density at radius 3 is 2.35 bits per heavy atom. The molecule has 2 aliphatic rings. The molecule has 0 bridgehead atoms. The van der Waals surface area contributed by atoms with Crippen molar-refractivity contribution < 1.29 is 9.59 Å². The average Bonchev–Trinajstić information content (AvgIpc) is 2.68. The Morgan fingerprint density at radius 1 is 1.04 bits per heavy atom. The normalized spacial score (nSPS) is 18.8. The summed E-state index contributed by atoms with van der Waals surface area (Å²) in [5, 5.41) is 6.09. The van der Waals surface area contributed by atoms with Crippen LogP contribution in [0, 0.1) is 11.8 Å². The fraction of sp³-hybridized carbons (Fsp3) is 0.600. The first kappa shape index (κ1) is 20.7. The van der Waals surface area contributed by atoms with E-state index in [2.05, 4.69) is 34.9 Å². The molecule has 0 aliphatic carbocycles. The van der Waals surface area contributed by atoms with Gasteiger partial charge in [-0.15, -0.1) is 12.4 Å². The third-order valence-electron chi connectivity index (χ3n) is 5.46. The van der Waals surface area contributed by atoms with Crippen molar-refractivity contribution in [2.24, 2.45) is 11.8 Å². The summed E-state index contributed by atoms with van der Waals surface area (Å²) >= 11 is 0. The molecule has 2 heterocycles. The molecule has 0 unspecified atom stereocenters. The van der Waals surface area contributed by atoms with Crippen molar-refractivity contribution in [2.45, 2.75) is 32.1 Å². The van der Waals surface area contributed by atoms with Crippen LogP contribution in [-0.4, -0.2) is 49.4 Å². The van der Waals surface area contributed by atoms with Crippen molar-refractivity contribution >= 4 is 24.2 Å². The molecule has 144 valence electrons. The van der Waals surface area contributed by atoms with Crippen LogP contribution in [0.3, 0.4) is 0 Å². The van der Waals surface area contributed by atoms with Crippen molar-refractivity contribution in [3.63, 3.8) is 0 Å². The number of halogens is 1. The highest BCUT2D eigenvalue weighted by molar-refractivity contribution is 5.86. The number of nitrogens with zero attached hydrogens (tertiary/aromatic N) is 1. The molecule has 0 radical (unpaired) electrons. The second-order valence-electron chi connectivity index (χ2n) is 7.26. The second kappa shape index (κ2) is 10.5. The van der Waals surface area contributed by atoms with Crippen LogP contribution in [0.5, 0.6) is 0 Å². The van der Waals surface area contributed by atoms with Crippen LogP contribution in [-0.2, 0) is 16.0 Å². The summed E-state index contributed by atoms with van der Waals surface area (Å²) in [5.74, 6) is 0.802. The van der Waals surface area contributed by atoms with Gasteiger partial charge in [0, 0.05) is 19.0 Å². The van der Waals surface area contributed by atoms with Crippen LogP contribution in [0.4, 0.5) is 0 Å². The molecular formula is C20H30ClN3O2. The highest BCUT2D eigenvalue weighted by atomic mass is 35.5. The molecule has 2 saturated heterocycles. The first-order chi connectivity index (χ1) is 12.2. The van der Waals surface area contributed by atoms with Crippen molar-refractivity contribution in [3.8, 4) is 0 Å². The first-order valence-electron chi connectivity index (χ1n) is 9.52. The van der Waals surface area contributed by atoms with E-state index in [0.717, 1.165) is 58.3 Å². The summed E-state index contributed by atoms with van der Waals surface area (Å²) < 4.78 is 0. The van der Waals surface area contributed by atoms with E-state index in [1.54, 1.807) is 0 Å². The van der Waals surface area contributed by atoms with Crippen LogP contribution in [0.25, 0.3) is 0 Å². The molecule has 2 amide bonds.